The molecule has 16 heteroatoms. The van der Waals surface area contributed by atoms with Gasteiger partial charge in [-0.05, 0) is 43.9 Å². The van der Waals surface area contributed by atoms with Gasteiger partial charge >= 0.3 is 12.1 Å². The van der Waals surface area contributed by atoms with Crippen molar-refractivity contribution in [1.82, 2.24) is 24.3 Å². The number of rotatable bonds is 7. The molecular weight excluding hydrogens is 551 g/mol. The highest BCUT2D eigenvalue weighted by atomic mass is 32.2. The number of aromatic nitrogens is 2. The quantitative estimate of drug-likeness (QED) is 0.495. The van der Waals surface area contributed by atoms with Crippen LogP contribution in [0.25, 0.3) is 10.6 Å². The lowest BCUT2D eigenvalue weighted by atomic mass is 10.1. The van der Waals surface area contributed by atoms with E-state index in [-0.39, 0.29) is 34.3 Å². The van der Waals surface area contributed by atoms with Gasteiger partial charge in [0.15, 0.2) is 0 Å². The number of ether oxygens (including phenoxy) is 1. The molecule has 0 aliphatic carbocycles. The summed E-state index contributed by atoms with van der Waals surface area (Å²) in [5.74, 6) is -1.52. The lowest BCUT2D eigenvalue weighted by Crippen LogP contribution is -2.55. The molecule has 2 atom stereocenters. The Morgan fingerprint density at radius 2 is 1.92 bits per heavy atom. The second-order valence-electron chi connectivity index (χ2n) is 9.00. The lowest BCUT2D eigenvalue weighted by molar-refractivity contribution is -0.152. The Hall–Kier alpha value is -2.98. The van der Waals surface area contributed by atoms with Gasteiger partial charge in [-0.2, -0.15) is 23.0 Å². The van der Waals surface area contributed by atoms with Crippen LogP contribution in [0, 0.1) is 0 Å². The molecule has 0 radical (unpaired) electrons. The maximum Gasteiger partial charge on any atom is 0.433 e. The van der Waals surface area contributed by atoms with E-state index in [1.165, 1.54) is 29.0 Å². The highest BCUT2D eigenvalue weighted by molar-refractivity contribution is 7.91. The van der Waals surface area contributed by atoms with E-state index in [9.17, 15) is 36.0 Å². The first-order valence-electron chi connectivity index (χ1n) is 11.7. The number of aryl methyl sites for hydroxylation is 1. The number of likely N-dealkylation sites (tertiary alicyclic amines) is 2. The van der Waals surface area contributed by atoms with Gasteiger partial charge in [0.2, 0.25) is 11.8 Å². The number of nitrogens with zero attached hydrogens (tertiary/aromatic N) is 4. The summed E-state index contributed by atoms with van der Waals surface area (Å²) in [6.07, 6.45) is -2.87. The van der Waals surface area contributed by atoms with E-state index < -0.39 is 51.8 Å². The van der Waals surface area contributed by atoms with E-state index in [2.05, 4.69) is 9.82 Å². The highest BCUT2D eigenvalue weighted by Gasteiger charge is 2.39. The zero-order valence-electron chi connectivity index (χ0n) is 20.5. The van der Waals surface area contributed by atoms with E-state index in [1.54, 1.807) is 0 Å². The van der Waals surface area contributed by atoms with Crippen LogP contribution in [0.4, 0.5) is 13.2 Å². The molecule has 2 saturated heterocycles. The summed E-state index contributed by atoms with van der Waals surface area (Å²) in [6.45, 7) is 0.316. The molecule has 2 amide bonds. The molecule has 208 valence electrons. The molecule has 4 rings (SSSR count). The van der Waals surface area contributed by atoms with Crippen molar-refractivity contribution in [1.29, 1.82) is 0 Å². The fourth-order valence-corrected chi connectivity index (χ4v) is 7.11. The molecule has 1 N–H and O–H groups in total. The summed E-state index contributed by atoms with van der Waals surface area (Å²) in [5.41, 5.74) is -1.01. The Morgan fingerprint density at radius 3 is 2.58 bits per heavy atom. The Labute approximate surface area is 220 Å². The summed E-state index contributed by atoms with van der Waals surface area (Å²) in [7, 11) is -1.82. The summed E-state index contributed by atoms with van der Waals surface area (Å²) in [5, 5.41) is 3.83. The SMILES string of the molecule is COC(=O)C1CCCN1C(=O)CN1CCCC(NS(=O)(=O)c2ccc(-c3cc(C(F)(F)F)n(C)n3)s2)C1=O. The molecule has 0 saturated carbocycles. The van der Waals surface area contributed by atoms with Crippen LogP contribution in [0.15, 0.2) is 22.4 Å². The number of amides is 2. The number of esters is 1. The van der Waals surface area contributed by atoms with Crippen LogP contribution in [0.5, 0.6) is 0 Å². The zero-order valence-corrected chi connectivity index (χ0v) is 22.2. The fourth-order valence-electron chi connectivity index (χ4n) is 4.61. The summed E-state index contributed by atoms with van der Waals surface area (Å²) >= 11 is 0.726. The first-order chi connectivity index (χ1) is 17.8. The second-order valence-corrected chi connectivity index (χ2v) is 12.0. The van der Waals surface area contributed by atoms with Crippen LogP contribution in [0.1, 0.15) is 31.4 Å². The molecule has 11 nitrogen and oxygen atoms in total. The van der Waals surface area contributed by atoms with Crippen molar-refractivity contribution in [2.75, 3.05) is 26.7 Å². The Bertz CT molecular complexity index is 1340. The van der Waals surface area contributed by atoms with E-state index in [1.807, 2.05) is 0 Å². The number of alkyl halides is 3. The standard InChI is InChI=1S/C22H26F3N5O6S2/c1-28-17(22(23,24)25)11-14(26-28)16-7-8-19(37-16)38(34,35)27-13-5-3-9-29(20(13)32)12-18(31)30-10-4-6-15(30)21(33)36-2/h7-8,11,13,15,27H,3-6,9-10,12H2,1-2H3. The third-order valence-electron chi connectivity index (χ3n) is 6.47. The first kappa shape index (κ1) is 28.0. The largest absolute Gasteiger partial charge is 0.467 e. The minimum atomic E-state index is -4.61. The van der Waals surface area contributed by atoms with Gasteiger partial charge < -0.3 is 14.5 Å². The lowest BCUT2D eigenvalue weighted by Gasteiger charge is -2.33. The molecule has 2 unspecified atom stereocenters. The molecule has 2 fully saturated rings. The van der Waals surface area contributed by atoms with E-state index in [4.69, 9.17) is 4.74 Å². The van der Waals surface area contributed by atoms with Crippen LogP contribution < -0.4 is 4.72 Å². The zero-order chi connectivity index (χ0) is 27.8. The van der Waals surface area contributed by atoms with Crippen LogP contribution >= 0.6 is 11.3 Å². The van der Waals surface area contributed by atoms with Gasteiger partial charge in [0.25, 0.3) is 10.0 Å². The van der Waals surface area contributed by atoms with E-state index in [0.29, 0.717) is 30.5 Å². The van der Waals surface area contributed by atoms with Gasteiger partial charge in [0.1, 0.15) is 27.7 Å². The highest BCUT2D eigenvalue weighted by Crippen LogP contribution is 2.35. The Kier molecular flexibility index (Phi) is 7.86. The number of hydrogen-bond donors (Lipinski definition) is 1. The van der Waals surface area contributed by atoms with Crippen molar-refractivity contribution < 1.29 is 40.7 Å². The number of thiophene rings is 1. The van der Waals surface area contributed by atoms with Gasteiger partial charge in [0.05, 0.1) is 18.5 Å². The number of carbonyl (C=O) groups excluding carboxylic acids is 3. The second kappa shape index (κ2) is 10.6. The minimum Gasteiger partial charge on any atom is -0.467 e. The predicted octanol–water partition coefficient (Wildman–Crippen LogP) is 1.60. The smallest absolute Gasteiger partial charge is 0.433 e. The third kappa shape index (κ3) is 5.71. The van der Waals surface area contributed by atoms with Gasteiger partial charge in [-0.3, -0.25) is 14.3 Å². The fraction of sp³-hybridized carbons (Fsp3) is 0.545. The maximum absolute atomic E-state index is 13.1. The number of hydrogen-bond acceptors (Lipinski definition) is 8. The molecule has 38 heavy (non-hydrogen) atoms. The van der Waals surface area contributed by atoms with E-state index >= 15 is 0 Å². The van der Waals surface area contributed by atoms with Crippen molar-refractivity contribution in [3.8, 4) is 10.6 Å². The van der Waals surface area contributed by atoms with Crippen molar-refractivity contribution >= 4 is 39.1 Å². The maximum atomic E-state index is 13.1. The molecule has 4 heterocycles. The number of nitrogens with one attached hydrogen (secondary N) is 1. The monoisotopic (exact) mass is 577 g/mol. The molecule has 2 aliphatic heterocycles. The topological polar surface area (TPSA) is 131 Å². The van der Waals surface area contributed by atoms with Gasteiger partial charge in [-0.1, -0.05) is 0 Å². The van der Waals surface area contributed by atoms with Gasteiger partial charge in [-0.15, -0.1) is 11.3 Å². The molecule has 2 aromatic rings. The van der Waals surface area contributed by atoms with Crippen LogP contribution in [-0.4, -0.2) is 84.6 Å². The summed E-state index contributed by atoms with van der Waals surface area (Å²) in [4.78, 5) is 40.7. The number of halogens is 3. The van der Waals surface area contributed by atoms with Gasteiger partial charge in [-0.25, -0.2) is 13.2 Å². The number of sulfonamides is 1. The van der Waals surface area contributed by atoms with Crippen molar-refractivity contribution in [3.63, 3.8) is 0 Å². The van der Waals surface area contributed by atoms with Crippen LogP contribution in [0.2, 0.25) is 0 Å². The molecule has 2 aromatic heterocycles. The van der Waals surface area contributed by atoms with Crippen molar-refractivity contribution in [2.24, 2.45) is 7.05 Å². The summed E-state index contributed by atoms with van der Waals surface area (Å²) in [6, 6.07) is 1.60. The Morgan fingerprint density at radius 1 is 1.21 bits per heavy atom. The molecule has 0 spiro atoms. The van der Waals surface area contributed by atoms with E-state index in [0.717, 1.165) is 24.5 Å². The molecule has 0 bridgehead atoms. The molecular formula is C22H26F3N5O6S2. The average molecular weight is 578 g/mol. The number of carbonyl (C=O) groups is 3. The third-order valence-corrected chi connectivity index (χ3v) is 9.54. The van der Waals surface area contributed by atoms with Crippen molar-refractivity contribution in [3.05, 3.63) is 23.9 Å². The average Bonchev–Trinajstić information content (AvgIpc) is 3.60. The Balaban J connectivity index is 1.43. The normalized spacial score (nSPS) is 20.7. The predicted molar refractivity (Wildman–Crippen MR) is 128 cm³/mol. The van der Waals surface area contributed by atoms with Crippen LogP contribution in [-0.2, 0) is 42.4 Å². The number of methoxy groups -OCH3 is 1. The molecule has 0 aromatic carbocycles. The van der Waals surface area contributed by atoms with Gasteiger partial charge in [0, 0.05) is 20.1 Å². The van der Waals surface area contributed by atoms with Crippen LogP contribution in [0.3, 0.4) is 0 Å². The summed E-state index contributed by atoms with van der Waals surface area (Å²) < 4.78 is 72.9. The molecule has 2 aliphatic rings. The number of piperidine rings is 1. The van der Waals surface area contributed by atoms with Crippen molar-refractivity contribution in [2.45, 2.75) is 48.2 Å². The minimum absolute atomic E-state index is 0.0307. The first-order valence-corrected chi connectivity index (χ1v) is 14.0.